The Labute approximate surface area is 104 Å². The Bertz CT molecular complexity index is 273. The third-order valence-electron chi connectivity index (χ3n) is 4.78. The van der Waals surface area contributed by atoms with E-state index in [4.69, 9.17) is 10.5 Å². The van der Waals surface area contributed by atoms with Crippen LogP contribution in [0.15, 0.2) is 0 Å². The first-order valence-electron chi connectivity index (χ1n) is 7.05. The maximum atomic E-state index is 6.09. The summed E-state index contributed by atoms with van der Waals surface area (Å²) in [5, 5.41) is 0. The second-order valence-electron chi connectivity index (χ2n) is 6.06. The molecule has 3 aliphatic rings. The molecule has 3 aliphatic heterocycles. The highest BCUT2D eigenvalue weighted by Crippen LogP contribution is 2.26. The van der Waals surface area contributed by atoms with Gasteiger partial charge in [0.15, 0.2) is 0 Å². The summed E-state index contributed by atoms with van der Waals surface area (Å²) in [7, 11) is 0. The van der Waals surface area contributed by atoms with Gasteiger partial charge in [0.2, 0.25) is 0 Å². The highest BCUT2D eigenvalue weighted by molar-refractivity contribution is 4.92. The molecule has 4 unspecified atom stereocenters. The molecule has 3 rings (SSSR count). The van der Waals surface area contributed by atoms with Crippen molar-refractivity contribution in [2.45, 2.75) is 37.9 Å². The summed E-state index contributed by atoms with van der Waals surface area (Å²) in [6, 6.07) is 1.74. The average molecular weight is 239 g/mol. The molecule has 3 fully saturated rings. The van der Waals surface area contributed by atoms with Gasteiger partial charge in [-0.15, -0.1) is 0 Å². The molecule has 3 heterocycles. The maximum Gasteiger partial charge on any atom is 0.0621 e. The molecule has 0 amide bonds. The molecule has 0 aromatic rings. The Morgan fingerprint density at radius 3 is 2.94 bits per heavy atom. The van der Waals surface area contributed by atoms with Crippen molar-refractivity contribution < 1.29 is 4.74 Å². The summed E-state index contributed by atoms with van der Waals surface area (Å²) < 4.78 is 5.47. The molecule has 2 N–H and O–H groups in total. The Kier molecular flexibility index (Phi) is 3.39. The van der Waals surface area contributed by atoms with Gasteiger partial charge in [-0.3, -0.25) is 9.80 Å². The molecular formula is C13H25N3O. The smallest absolute Gasteiger partial charge is 0.0621 e. The van der Waals surface area contributed by atoms with Crippen molar-refractivity contribution in [3.63, 3.8) is 0 Å². The van der Waals surface area contributed by atoms with Gasteiger partial charge >= 0.3 is 0 Å². The molecule has 0 radical (unpaired) electrons. The summed E-state index contributed by atoms with van der Waals surface area (Å²) in [6.45, 7) is 8.90. The molecule has 4 heteroatoms. The zero-order valence-electron chi connectivity index (χ0n) is 10.8. The minimum absolute atomic E-state index is 0.254. The number of ether oxygens (including phenoxy) is 1. The molecule has 4 atom stereocenters. The predicted octanol–water partition coefficient (Wildman–Crippen LogP) is 0.129. The Hall–Kier alpha value is -0.160. The SMILES string of the molecule is CC1CN2CCCC2CN1CC1COCC1N. The normalized spacial score (nSPS) is 44.1. The second-order valence-corrected chi connectivity index (χ2v) is 6.06. The highest BCUT2D eigenvalue weighted by atomic mass is 16.5. The molecule has 0 aromatic heterocycles. The van der Waals surface area contributed by atoms with E-state index in [0.717, 1.165) is 25.8 Å². The number of fused-ring (bicyclic) bond motifs is 1. The van der Waals surface area contributed by atoms with Crippen LogP contribution in [0.5, 0.6) is 0 Å². The van der Waals surface area contributed by atoms with Crippen LogP contribution in [0.3, 0.4) is 0 Å². The van der Waals surface area contributed by atoms with Gasteiger partial charge in [-0.25, -0.2) is 0 Å². The zero-order valence-corrected chi connectivity index (χ0v) is 10.8. The van der Waals surface area contributed by atoms with E-state index in [0.29, 0.717) is 12.0 Å². The molecule has 98 valence electrons. The molecule has 0 aliphatic carbocycles. The molecule has 4 nitrogen and oxygen atoms in total. The summed E-state index contributed by atoms with van der Waals surface area (Å²) in [5.74, 6) is 0.547. The zero-order chi connectivity index (χ0) is 11.8. The first kappa shape index (κ1) is 11.9. The lowest BCUT2D eigenvalue weighted by molar-refractivity contribution is 0.0452. The number of nitrogens with zero attached hydrogens (tertiary/aromatic N) is 2. The monoisotopic (exact) mass is 239 g/mol. The van der Waals surface area contributed by atoms with Crippen LogP contribution in [0, 0.1) is 5.92 Å². The molecule has 3 saturated heterocycles. The number of hydrogen-bond donors (Lipinski definition) is 1. The number of nitrogens with two attached hydrogens (primary N) is 1. The van der Waals surface area contributed by atoms with Crippen LogP contribution in [-0.4, -0.2) is 67.3 Å². The van der Waals surface area contributed by atoms with Crippen molar-refractivity contribution in [1.29, 1.82) is 0 Å². The number of rotatable bonds is 2. The van der Waals surface area contributed by atoms with E-state index >= 15 is 0 Å². The Morgan fingerprint density at radius 2 is 2.18 bits per heavy atom. The Balaban J connectivity index is 1.59. The van der Waals surface area contributed by atoms with Crippen molar-refractivity contribution in [1.82, 2.24) is 9.80 Å². The van der Waals surface area contributed by atoms with Gasteiger partial charge in [0.05, 0.1) is 13.2 Å². The van der Waals surface area contributed by atoms with Crippen molar-refractivity contribution >= 4 is 0 Å². The van der Waals surface area contributed by atoms with Crippen molar-refractivity contribution in [2.24, 2.45) is 11.7 Å². The molecule has 0 saturated carbocycles. The first-order valence-corrected chi connectivity index (χ1v) is 7.05. The van der Waals surface area contributed by atoms with Gasteiger partial charge in [0, 0.05) is 43.7 Å². The van der Waals surface area contributed by atoms with Crippen LogP contribution in [0.4, 0.5) is 0 Å². The van der Waals surface area contributed by atoms with Crippen LogP contribution < -0.4 is 5.73 Å². The van der Waals surface area contributed by atoms with Gasteiger partial charge in [-0.05, 0) is 26.3 Å². The predicted molar refractivity (Wildman–Crippen MR) is 67.9 cm³/mol. The molecule has 17 heavy (non-hydrogen) atoms. The molecular weight excluding hydrogens is 214 g/mol. The minimum atomic E-state index is 0.254. The van der Waals surface area contributed by atoms with E-state index in [9.17, 15) is 0 Å². The van der Waals surface area contributed by atoms with Gasteiger partial charge in [0.1, 0.15) is 0 Å². The fourth-order valence-electron chi connectivity index (χ4n) is 3.61. The van der Waals surface area contributed by atoms with Crippen LogP contribution >= 0.6 is 0 Å². The highest BCUT2D eigenvalue weighted by Gasteiger charge is 2.36. The third-order valence-corrected chi connectivity index (χ3v) is 4.78. The van der Waals surface area contributed by atoms with Gasteiger partial charge < -0.3 is 10.5 Å². The second kappa shape index (κ2) is 4.84. The summed E-state index contributed by atoms with van der Waals surface area (Å²) in [5.41, 5.74) is 6.09. The summed E-state index contributed by atoms with van der Waals surface area (Å²) >= 11 is 0. The minimum Gasteiger partial charge on any atom is -0.379 e. The summed E-state index contributed by atoms with van der Waals surface area (Å²) in [6.07, 6.45) is 2.77. The molecule has 0 bridgehead atoms. The van der Waals surface area contributed by atoms with E-state index in [1.54, 1.807) is 0 Å². The van der Waals surface area contributed by atoms with Crippen molar-refractivity contribution in [3.05, 3.63) is 0 Å². The standard InChI is InChI=1S/C13H25N3O/c1-10-5-15-4-2-3-12(15)7-16(10)6-11-8-17-9-13(11)14/h10-13H,2-9,14H2,1H3. The van der Waals surface area contributed by atoms with Gasteiger partial charge in [0.25, 0.3) is 0 Å². The first-order chi connectivity index (χ1) is 8.24. The molecule has 0 aromatic carbocycles. The van der Waals surface area contributed by atoms with Crippen molar-refractivity contribution in [2.75, 3.05) is 39.4 Å². The van der Waals surface area contributed by atoms with Crippen LogP contribution in [0.2, 0.25) is 0 Å². The average Bonchev–Trinajstić information content (AvgIpc) is 2.89. The fourth-order valence-corrected chi connectivity index (χ4v) is 3.61. The lowest BCUT2D eigenvalue weighted by Gasteiger charge is -2.43. The summed E-state index contributed by atoms with van der Waals surface area (Å²) in [4.78, 5) is 5.32. The van der Waals surface area contributed by atoms with E-state index in [1.165, 1.54) is 32.5 Å². The van der Waals surface area contributed by atoms with Crippen molar-refractivity contribution in [3.8, 4) is 0 Å². The van der Waals surface area contributed by atoms with E-state index in [1.807, 2.05) is 0 Å². The van der Waals surface area contributed by atoms with Gasteiger partial charge in [-0.2, -0.15) is 0 Å². The largest absolute Gasteiger partial charge is 0.379 e. The number of hydrogen-bond acceptors (Lipinski definition) is 4. The van der Waals surface area contributed by atoms with E-state index in [2.05, 4.69) is 16.7 Å². The van der Waals surface area contributed by atoms with E-state index in [-0.39, 0.29) is 6.04 Å². The quantitative estimate of drug-likeness (QED) is 0.744. The lowest BCUT2D eigenvalue weighted by Crippen LogP contribution is -2.56. The van der Waals surface area contributed by atoms with E-state index < -0.39 is 0 Å². The topological polar surface area (TPSA) is 41.7 Å². The third kappa shape index (κ3) is 2.36. The number of piperazine rings is 1. The van der Waals surface area contributed by atoms with Gasteiger partial charge in [-0.1, -0.05) is 0 Å². The van der Waals surface area contributed by atoms with Crippen LogP contribution in [0.25, 0.3) is 0 Å². The lowest BCUT2D eigenvalue weighted by atomic mass is 10.0. The fraction of sp³-hybridized carbons (Fsp3) is 1.00. The molecule has 0 spiro atoms. The van der Waals surface area contributed by atoms with Crippen LogP contribution in [-0.2, 0) is 4.74 Å². The Morgan fingerprint density at radius 1 is 1.29 bits per heavy atom. The maximum absolute atomic E-state index is 6.09. The van der Waals surface area contributed by atoms with Crippen LogP contribution in [0.1, 0.15) is 19.8 Å².